The molecule has 17 heavy (non-hydrogen) atoms. The van der Waals surface area contributed by atoms with E-state index in [-0.39, 0.29) is 5.88 Å². The molecule has 94 valence electrons. The molecule has 2 rings (SSSR count). The molecular formula is C11H15NO5. The standard InChI is InChI=1S/C11H15NO5/c1-16-9-6-8(17-12-9)11(10(14)15)4-2-7(13)3-5-11/h6-7,13H,2-5H2,1H3,(H,14,15). The number of carbonyl (C=O) groups is 1. The lowest BCUT2D eigenvalue weighted by atomic mass is 9.71. The van der Waals surface area contributed by atoms with Crippen LogP contribution in [0.1, 0.15) is 31.4 Å². The number of carboxylic acid groups (broad SMARTS) is 1. The Kier molecular flexibility index (Phi) is 3.06. The second-order valence-corrected chi connectivity index (χ2v) is 4.35. The fraction of sp³-hybridized carbons (Fsp3) is 0.636. The summed E-state index contributed by atoms with van der Waals surface area (Å²) in [6, 6.07) is 1.51. The molecule has 1 fully saturated rings. The topological polar surface area (TPSA) is 92.8 Å². The van der Waals surface area contributed by atoms with E-state index >= 15 is 0 Å². The van der Waals surface area contributed by atoms with E-state index in [1.807, 2.05) is 0 Å². The molecule has 0 aliphatic heterocycles. The Hall–Kier alpha value is -1.56. The third kappa shape index (κ3) is 2.00. The quantitative estimate of drug-likeness (QED) is 0.818. The first-order valence-corrected chi connectivity index (χ1v) is 5.51. The first-order chi connectivity index (χ1) is 8.08. The Balaban J connectivity index is 2.31. The molecule has 0 radical (unpaired) electrons. The molecule has 1 aromatic heterocycles. The van der Waals surface area contributed by atoms with Crippen LogP contribution in [0, 0.1) is 0 Å². The summed E-state index contributed by atoms with van der Waals surface area (Å²) in [4.78, 5) is 11.5. The number of hydrogen-bond acceptors (Lipinski definition) is 5. The van der Waals surface area contributed by atoms with Crippen molar-refractivity contribution >= 4 is 5.97 Å². The molecule has 1 aliphatic rings. The Bertz CT molecular complexity index is 406. The van der Waals surface area contributed by atoms with Crippen LogP contribution in [0.3, 0.4) is 0 Å². The van der Waals surface area contributed by atoms with Crippen LogP contribution in [0.5, 0.6) is 5.88 Å². The SMILES string of the molecule is COc1cc(C2(C(=O)O)CCC(O)CC2)on1. The molecule has 0 bridgehead atoms. The Morgan fingerprint density at radius 3 is 2.71 bits per heavy atom. The summed E-state index contributed by atoms with van der Waals surface area (Å²) >= 11 is 0. The van der Waals surface area contributed by atoms with Gasteiger partial charge in [-0.25, -0.2) is 0 Å². The summed E-state index contributed by atoms with van der Waals surface area (Å²) in [7, 11) is 1.44. The number of aliphatic hydroxyl groups is 1. The second kappa shape index (κ2) is 4.37. The van der Waals surface area contributed by atoms with E-state index in [2.05, 4.69) is 5.16 Å². The highest BCUT2D eigenvalue weighted by Gasteiger charge is 2.46. The Morgan fingerprint density at radius 1 is 1.59 bits per heavy atom. The normalized spacial score (nSPS) is 28.9. The zero-order valence-electron chi connectivity index (χ0n) is 9.55. The smallest absolute Gasteiger partial charge is 0.317 e. The highest BCUT2D eigenvalue weighted by Crippen LogP contribution is 2.40. The van der Waals surface area contributed by atoms with Crippen molar-refractivity contribution in [2.75, 3.05) is 7.11 Å². The number of hydrogen-bond donors (Lipinski definition) is 2. The molecule has 6 nitrogen and oxygen atoms in total. The maximum absolute atomic E-state index is 11.5. The van der Waals surface area contributed by atoms with Crippen molar-refractivity contribution in [3.05, 3.63) is 11.8 Å². The molecule has 0 spiro atoms. The molecule has 1 heterocycles. The highest BCUT2D eigenvalue weighted by atomic mass is 16.5. The van der Waals surface area contributed by atoms with Crippen LogP contribution in [-0.2, 0) is 10.2 Å². The predicted octanol–water partition coefficient (Wildman–Crippen LogP) is 0.940. The van der Waals surface area contributed by atoms with Crippen LogP contribution >= 0.6 is 0 Å². The monoisotopic (exact) mass is 241 g/mol. The van der Waals surface area contributed by atoms with Gasteiger partial charge in [0.2, 0.25) is 0 Å². The van der Waals surface area contributed by atoms with E-state index in [1.54, 1.807) is 0 Å². The molecule has 0 aromatic carbocycles. The van der Waals surface area contributed by atoms with E-state index < -0.39 is 17.5 Å². The van der Waals surface area contributed by atoms with Crippen molar-refractivity contribution in [1.82, 2.24) is 5.16 Å². The van der Waals surface area contributed by atoms with Crippen molar-refractivity contribution in [2.45, 2.75) is 37.2 Å². The van der Waals surface area contributed by atoms with Crippen LogP contribution in [0.25, 0.3) is 0 Å². The van der Waals surface area contributed by atoms with Gasteiger partial charge in [0.05, 0.1) is 13.2 Å². The zero-order chi connectivity index (χ0) is 12.5. The minimum Gasteiger partial charge on any atom is -0.480 e. The zero-order valence-corrected chi connectivity index (χ0v) is 9.55. The summed E-state index contributed by atoms with van der Waals surface area (Å²) in [5.41, 5.74) is -1.08. The highest BCUT2D eigenvalue weighted by molar-refractivity contribution is 5.80. The van der Waals surface area contributed by atoms with Gasteiger partial charge < -0.3 is 19.5 Å². The molecule has 0 atom stereocenters. The fourth-order valence-corrected chi connectivity index (χ4v) is 2.24. The van der Waals surface area contributed by atoms with E-state index in [0.29, 0.717) is 31.4 Å². The lowest BCUT2D eigenvalue weighted by Gasteiger charge is -2.32. The van der Waals surface area contributed by atoms with Crippen molar-refractivity contribution in [3.63, 3.8) is 0 Å². The summed E-state index contributed by atoms with van der Waals surface area (Å²) in [5.74, 6) is -0.372. The molecular weight excluding hydrogens is 226 g/mol. The largest absolute Gasteiger partial charge is 0.480 e. The average Bonchev–Trinajstić information content (AvgIpc) is 2.79. The molecule has 1 aliphatic carbocycles. The molecule has 0 saturated heterocycles. The first kappa shape index (κ1) is 11.9. The summed E-state index contributed by atoms with van der Waals surface area (Å²) in [5, 5.41) is 22.5. The van der Waals surface area contributed by atoms with Crippen molar-refractivity contribution in [1.29, 1.82) is 0 Å². The third-order valence-electron chi connectivity index (χ3n) is 3.39. The van der Waals surface area contributed by atoms with Gasteiger partial charge in [-0.05, 0) is 30.8 Å². The Morgan fingerprint density at radius 2 is 2.24 bits per heavy atom. The maximum Gasteiger partial charge on any atom is 0.317 e. The predicted molar refractivity (Wildman–Crippen MR) is 56.8 cm³/mol. The van der Waals surface area contributed by atoms with Crippen molar-refractivity contribution in [2.24, 2.45) is 0 Å². The first-order valence-electron chi connectivity index (χ1n) is 5.51. The minimum atomic E-state index is -1.08. The maximum atomic E-state index is 11.5. The van der Waals surface area contributed by atoms with Crippen LogP contribution in [0.15, 0.2) is 10.6 Å². The third-order valence-corrected chi connectivity index (χ3v) is 3.39. The average molecular weight is 241 g/mol. The van der Waals surface area contributed by atoms with Gasteiger partial charge in [-0.15, -0.1) is 0 Å². The second-order valence-electron chi connectivity index (χ2n) is 4.35. The molecule has 6 heteroatoms. The molecule has 0 unspecified atom stereocenters. The molecule has 1 aromatic rings. The Labute approximate surface area is 98.2 Å². The van der Waals surface area contributed by atoms with Gasteiger partial charge in [-0.2, -0.15) is 0 Å². The van der Waals surface area contributed by atoms with Gasteiger partial charge in [-0.3, -0.25) is 4.79 Å². The molecule has 0 amide bonds. The van der Waals surface area contributed by atoms with E-state index in [1.165, 1.54) is 13.2 Å². The van der Waals surface area contributed by atoms with Gasteiger partial charge >= 0.3 is 5.97 Å². The summed E-state index contributed by atoms with van der Waals surface area (Å²) in [6.45, 7) is 0. The number of aliphatic carboxylic acids is 1. The van der Waals surface area contributed by atoms with Crippen LogP contribution in [0.2, 0.25) is 0 Å². The van der Waals surface area contributed by atoms with Crippen molar-refractivity contribution in [3.8, 4) is 5.88 Å². The fourth-order valence-electron chi connectivity index (χ4n) is 2.24. The van der Waals surface area contributed by atoms with Gasteiger partial charge in [0.15, 0.2) is 5.76 Å². The molecule has 1 saturated carbocycles. The minimum absolute atomic E-state index is 0.270. The number of ether oxygens (including phenoxy) is 1. The number of aromatic nitrogens is 1. The number of nitrogens with zero attached hydrogens (tertiary/aromatic N) is 1. The van der Waals surface area contributed by atoms with Crippen LogP contribution in [-0.4, -0.2) is 34.6 Å². The van der Waals surface area contributed by atoms with Gasteiger partial charge in [0, 0.05) is 6.07 Å². The summed E-state index contributed by atoms with van der Waals surface area (Å²) < 4.78 is 9.94. The van der Waals surface area contributed by atoms with E-state index in [0.717, 1.165) is 0 Å². The van der Waals surface area contributed by atoms with Gasteiger partial charge in [-0.1, -0.05) is 0 Å². The van der Waals surface area contributed by atoms with Gasteiger partial charge in [0.1, 0.15) is 5.41 Å². The number of methoxy groups -OCH3 is 1. The number of carboxylic acids is 1. The van der Waals surface area contributed by atoms with Crippen molar-refractivity contribution < 1.29 is 24.3 Å². The van der Waals surface area contributed by atoms with Crippen LogP contribution in [0.4, 0.5) is 0 Å². The molecule has 2 N–H and O–H groups in total. The lowest BCUT2D eigenvalue weighted by Crippen LogP contribution is -2.40. The lowest BCUT2D eigenvalue weighted by molar-refractivity contribution is -0.147. The van der Waals surface area contributed by atoms with Gasteiger partial charge in [0.25, 0.3) is 5.88 Å². The number of aliphatic hydroxyl groups excluding tert-OH is 1. The van der Waals surface area contributed by atoms with E-state index in [9.17, 15) is 15.0 Å². The summed E-state index contributed by atoms with van der Waals surface area (Å²) in [6.07, 6.45) is 1.18. The number of rotatable bonds is 3. The van der Waals surface area contributed by atoms with Crippen LogP contribution < -0.4 is 4.74 Å². The van der Waals surface area contributed by atoms with E-state index in [4.69, 9.17) is 9.26 Å².